The van der Waals surface area contributed by atoms with E-state index in [1.807, 2.05) is 34.7 Å². The minimum Gasteiger partial charge on any atom is -0.483 e. The van der Waals surface area contributed by atoms with Crippen molar-refractivity contribution in [2.24, 2.45) is 5.92 Å². The summed E-state index contributed by atoms with van der Waals surface area (Å²) in [4.78, 5) is 40.2. The van der Waals surface area contributed by atoms with Gasteiger partial charge in [0, 0.05) is 36.4 Å². The summed E-state index contributed by atoms with van der Waals surface area (Å²) in [5, 5.41) is 14.9. The highest BCUT2D eigenvalue weighted by atomic mass is 32.1. The fourth-order valence-electron chi connectivity index (χ4n) is 3.42. The molecule has 30 heavy (non-hydrogen) atoms. The molecule has 0 radical (unpaired) electrons. The second kappa shape index (κ2) is 10.7. The van der Waals surface area contributed by atoms with Crippen LogP contribution in [0, 0.1) is 5.92 Å². The Bertz CT molecular complexity index is 854. The van der Waals surface area contributed by atoms with Crippen LogP contribution in [0.3, 0.4) is 0 Å². The third-order valence-corrected chi connectivity index (χ3v) is 5.94. The second-order valence-electron chi connectivity index (χ2n) is 7.48. The van der Waals surface area contributed by atoms with Crippen molar-refractivity contribution in [3.63, 3.8) is 0 Å². The molecule has 2 aliphatic rings. The second-order valence-corrected chi connectivity index (χ2v) is 8.51. The van der Waals surface area contributed by atoms with Gasteiger partial charge in [0.2, 0.25) is 0 Å². The number of aromatic nitrogens is 1. The number of carbonyl (C=O) groups excluding carboxylic acids is 2. The molecule has 0 spiro atoms. The molecule has 0 aromatic carbocycles. The maximum absolute atomic E-state index is 12.3. The van der Waals surface area contributed by atoms with Gasteiger partial charge in [0.05, 0.1) is 12.1 Å². The number of carboxylic acid groups (broad SMARTS) is 1. The number of thiophene rings is 1. The molecule has 1 unspecified atom stereocenters. The maximum atomic E-state index is 12.3. The smallest absolute Gasteiger partial charge is 0.317 e. The summed E-state index contributed by atoms with van der Waals surface area (Å²) in [5.74, 6) is 0.369. The zero-order valence-corrected chi connectivity index (χ0v) is 17.4. The van der Waals surface area contributed by atoms with Crippen LogP contribution in [-0.2, 0) is 17.8 Å². The fourth-order valence-corrected chi connectivity index (χ4v) is 4.07. The number of rotatable bonds is 6. The van der Waals surface area contributed by atoms with Crippen LogP contribution in [0.5, 0.6) is 0 Å². The van der Waals surface area contributed by atoms with Crippen molar-refractivity contribution >= 4 is 29.7 Å². The van der Waals surface area contributed by atoms with Gasteiger partial charge in [-0.3, -0.25) is 14.6 Å². The summed E-state index contributed by atoms with van der Waals surface area (Å²) in [5.41, 5.74) is 1.69. The number of nitrogens with zero attached hydrogens (tertiary/aromatic N) is 2. The van der Waals surface area contributed by atoms with Gasteiger partial charge in [-0.15, -0.1) is 11.3 Å². The first kappa shape index (κ1) is 21.8. The Labute approximate surface area is 179 Å². The van der Waals surface area contributed by atoms with Crippen LogP contribution in [0.2, 0.25) is 0 Å². The monoisotopic (exact) mass is 430 g/mol. The molecule has 2 fully saturated rings. The molecule has 3 heterocycles. The maximum Gasteiger partial charge on any atom is 0.317 e. The lowest BCUT2D eigenvalue weighted by Crippen LogP contribution is -2.38. The first-order valence-electron chi connectivity index (χ1n) is 9.97. The molecule has 3 amide bonds. The molecule has 4 rings (SSSR count). The highest BCUT2D eigenvalue weighted by molar-refractivity contribution is 7.09. The molecule has 8 nitrogen and oxygen atoms in total. The lowest BCUT2D eigenvalue weighted by atomic mass is 9.99. The molecule has 1 saturated heterocycles. The van der Waals surface area contributed by atoms with Gasteiger partial charge in [0.15, 0.2) is 0 Å². The number of pyridine rings is 1. The van der Waals surface area contributed by atoms with Crippen molar-refractivity contribution < 1.29 is 19.5 Å². The summed E-state index contributed by atoms with van der Waals surface area (Å²) >= 11 is 1.65. The van der Waals surface area contributed by atoms with E-state index in [0.717, 1.165) is 49.2 Å². The Morgan fingerprint density at radius 3 is 2.80 bits per heavy atom. The van der Waals surface area contributed by atoms with Crippen molar-refractivity contribution in [2.75, 3.05) is 13.1 Å². The van der Waals surface area contributed by atoms with Gasteiger partial charge in [-0.25, -0.2) is 4.79 Å². The highest BCUT2D eigenvalue weighted by Crippen LogP contribution is 2.22. The highest BCUT2D eigenvalue weighted by Gasteiger charge is 2.27. The van der Waals surface area contributed by atoms with Crippen LogP contribution >= 0.6 is 11.3 Å². The van der Waals surface area contributed by atoms with E-state index in [4.69, 9.17) is 9.90 Å². The topological polar surface area (TPSA) is 112 Å². The number of urea groups is 1. The molecule has 160 valence electrons. The van der Waals surface area contributed by atoms with Crippen LogP contribution in [0.25, 0.3) is 0 Å². The number of likely N-dealkylation sites (tertiary alicyclic amines) is 1. The third kappa shape index (κ3) is 6.55. The van der Waals surface area contributed by atoms with Crippen LogP contribution in [0.15, 0.2) is 36.0 Å². The molecule has 1 aliphatic heterocycles. The number of nitrogens with one attached hydrogen (secondary N) is 2. The summed E-state index contributed by atoms with van der Waals surface area (Å²) < 4.78 is 0. The first-order chi connectivity index (χ1) is 14.6. The van der Waals surface area contributed by atoms with Crippen molar-refractivity contribution in [2.45, 2.75) is 38.3 Å². The van der Waals surface area contributed by atoms with Gasteiger partial charge >= 0.3 is 6.03 Å². The Morgan fingerprint density at radius 2 is 2.10 bits per heavy atom. The molecule has 9 heteroatoms. The van der Waals surface area contributed by atoms with Gasteiger partial charge in [0.25, 0.3) is 12.4 Å². The average molecular weight is 431 g/mol. The first-order valence-corrected chi connectivity index (χ1v) is 10.8. The SMILES string of the molecule is O=C(NC1CC1)c1cncc(CC2CCN(C(=O)NCc3cccs3)C2)c1.O=CO. The van der Waals surface area contributed by atoms with E-state index in [9.17, 15) is 9.59 Å². The van der Waals surface area contributed by atoms with Crippen molar-refractivity contribution in [3.05, 3.63) is 52.0 Å². The lowest BCUT2D eigenvalue weighted by Gasteiger charge is -2.17. The number of carbonyl (C=O) groups is 3. The van der Waals surface area contributed by atoms with E-state index >= 15 is 0 Å². The Kier molecular flexibility index (Phi) is 7.78. The molecule has 0 bridgehead atoms. The molecule has 1 saturated carbocycles. The zero-order valence-electron chi connectivity index (χ0n) is 16.6. The summed E-state index contributed by atoms with van der Waals surface area (Å²) in [6.45, 7) is 1.85. The van der Waals surface area contributed by atoms with E-state index in [1.165, 1.54) is 0 Å². The predicted molar refractivity (Wildman–Crippen MR) is 113 cm³/mol. The molecule has 1 aliphatic carbocycles. The van der Waals surface area contributed by atoms with Gasteiger partial charge in [0.1, 0.15) is 0 Å². The minimum absolute atomic E-state index is 0.00147. The third-order valence-electron chi connectivity index (χ3n) is 5.06. The Balaban J connectivity index is 0.000000806. The molecule has 2 aromatic heterocycles. The zero-order chi connectivity index (χ0) is 21.3. The van der Waals surface area contributed by atoms with Gasteiger partial charge < -0.3 is 20.6 Å². The minimum atomic E-state index is -0.250. The van der Waals surface area contributed by atoms with Crippen LogP contribution in [0.1, 0.15) is 40.1 Å². The Hall–Kier alpha value is -2.94. The molecular weight excluding hydrogens is 404 g/mol. The predicted octanol–water partition coefficient (Wildman–Crippen LogP) is 2.51. The molecule has 3 N–H and O–H groups in total. The van der Waals surface area contributed by atoms with Crippen molar-refractivity contribution in [3.8, 4) is 0 Å². The summed E-state index contributed by atoms with van der Waals surface area (Å²) in [6.07, 6.45) is 7.42. The standard InChI is InChI=1S/C20H24N4O2S.CH2O2/c25-19(23-17-3-4-17)16-9-15(10-21-11-16)8-14-5-6-24(13-14)20(26)22-12-18-2-1-7-27-18;2-1-3/h1-2,7,9-11,14,17H,3-6,8,12-13H2,(H,22,26)(H,23,25);1H,(H,2,3). The van der Waals surface area contributed by atoms with Crippen molar-refractivity contribution in [1.29, 1.82) is 0 Å². The van der Waals surface area contributed by atoms with Crippen LogP contribution < -0.4 is 10.6 Å². The van der Waals surface area contributed by atoms with Crippen molar-refractivity contribution in [1.82, 2.24) is 20.5 Å². The molecule has 2 aromatic rings. The quantitative estimate of drug-likeness (QED) is 0.610. The van der Waals surface area contributed by atoms with E-state index in [1.54, 1.807) is 17.5 Å². The normalized spacial score (nSPS) is 17.6. The fraction of sp³-hybridized carbons (Fsp3) is 0.429. The Morgan fingerprint density at radius 1 is 1.30 bits per heavy atom. The van der Waals surface area contributed by atoms with Gasteiger partial charge in [-0.2, -0.15) is 0 Å². The number of amides is 3. The van der Waals surface area contributed by atoms with Crippen LogP contribution in [-0.4, -0.2) is 52.5 Å². The largest absolute Gasteiger partial charge is 0.483 e. The molecule has 1 atom stereocenters. The summed E-state index contributed by atoms with van der Waals surface area (Å²) in [7, 11) is 0. The van der Waals surface area contributed by atoms with E-state index in [0.29, 0.717) is 24.1 Å². The lowest BCUT2D eigenvalue weighted by molar-refractivity contribution is -0.122. The van der Waals surface area contributed by atoms with Gasteiger partial charge in [-0.05, 0) is 54.7 Å². The molecular formula is C21H26N4O4S. The number of hydrogen-bond donors (Lipinski definition) is 3. The van der Waals surface area contributed by atoms with Gasteiger partial charge in [-0.1, -0.05) is 6.07 Å². The van der Waals surface area contributed by atoms with Crippen LogP contribution in [0.4, 0.5) is 4.79 Å². The van der Waals surface area contributed by atoms with E-state index in [-0.39, 0.29) is 18.4 Å². The van der Waals surface area contributed by atoms with E-state index < -0.39 is 0 Å². The number of hydrogen-bond acceptors (Lipinski definition) is 5. The summed E-state index contributed by atoms with van der Waals surface area (Å²) in [6, 6.07) is 6.30. The van der Waals surface area contributed by atoms with E-state index in [2.05, 4.69) is 15.6 Å². The average Bonchev–Trinajstić information content (AvgIpc) is 3.19.